The Morgan fingerprint density at radius 2 is 2.25 bits per heavy atom. The zero-order valence-electron chi connectivity index (χ0n) is 14.2. The summed E-state index contributed by atoms with van der Waals surface area (Å²) in [7, 11) is 1.54. The number of aromatic nitrogens is 2. The summed E-state index contributed by atoms with van der Waals surface area (Å²) in [6, 6.07) is 5.47. The Kier molecular flexibility index (Phi) is 4.81. The molecule has 1 N–H and O–H groups in total. The van der Waals surface area contributed by atoms with Crippen molar-refractivity contribution in [3.05, 3.63) is 46.2 Å². The molecule has 1 aliphatic carbocycles. The summed E-state index contributed by atoms with van der Waals surface area (Å²) in [5.41, 5.74) is 3.02. The molecule has 0 saturated heterocycles. The van der Waals surface area contributed by atoms with Crippen LogP contribution in [0, 0.1) is 0 Å². The van der Waals surface area contributed by atoms with Gasteiger partial charge in [-0.25, -0.2) is 0 Å². The number of nitrogens with one attached hydrogen (secondary N) is 1. The zero-order chi connectivity index (χ0) is 17.3. The Morgan fingerprint density at radius 1 is 1.46 bits per heavy atom. The van der Waals surface area contributed by atoms with Gasteiger partial charge in [0, 0.05) is 29.2 Å². The fourth-order valence-electron chi connectivity index (χ4n) is 3.21. The molecule has 0 radical (unpaired) electrons. The highest BCUT2D eigenvalue weighted by Crippen LogP contribution is 2.26. The normalized spacial score (nSPS) is 16.8. The lowest BCUT2D eigenvalue weighted by Crippen LogP contribution is -2.39. The van der Waals surface area contributed by atoms with Gasteiger partial charge < -0.3 is 10.1 Å². The molecule has 3 rings (SSSR count). The summed E-state index contributed by atoms with van der Waals surface area (Å²) < 4.78 is 7.32. The van der Waals surface area contributed by atoms with Crippen LogP contribution < -0.4 is 10.1 Å². The molecule has 0 bridgehead atoms. The van der Waals surface area contributed by atoms with Gasteiger partial charge in [-0.15, -0.1) is 0 Å². The van der Waals surface area contributed by atoms with Crippen LogP contribution in [0.5, 0.6) is 5.75 Å². The molecule has 0 fully saturated rings. The average Bonchev–Trinajstić information content (AvgIpc) is 2.97. The average molecular weight is 348 g/mol. The minimum absolute atomic E-state index is 0.0968. The minimum atomic E-state index is -0.132. The zero-order valence-corrected chi connectivity index (χ0v) is 14.9. The molecule has 1 atom stereocenters. The number of hydrogen-bond donors (Lipinski definition) is 1. The van der Waals surface area contributed by atoms with E-state index < -0.39 is 0 Å². The maximum atomic E-state index is 12.6. The van der Waals surface area contributed by atoms with Gasteiger partial charge in [0.15, 0.2) is 0 Å². The first-order valence-corrected chi connectivity index (χ1v) is 8.57. The van der Waals surface area contributed by atoms with Gasteiger partial charge >= 0.3 is 0 Å². The molecule has 24 heavy (non-hydrogen) atoms. The van der Waals surface area contributed by atoms with Crippen LogP contribution in [0.4, 0.5) is 0 Å². The van der Waals surface area contributed by atoms with Crippen molar-refractivity contribution in [2.45, 2.75) is 45.2 Å². The number of nitrogens with zero attached hydrogens (tertiary/aromatic N) is 2. The van der Waals surface area contributed by atoms with Gasteiger partial charge in [0.05, 0.1) is 18.9 Å². The molecule has 1 amide bonds. The second-order valence-electron chi connectivity index (χ2n) is 6.41. The molecule has 1 aliphatic rings. The molecule has 1 heterocycles. The van der Waals surface area contributed by atoms with E-state index in [2.05, 4.69) is 28.9 Å². The number of hydrogen-bond acceptors (Lipinski definition) is 3. The largest absolute Gasteiger partial charge is 0.496 e. The number of carbonyl (C=O) groups is 1. The highest BCUT2D eigenvalue weighted by molar-refractivity contribution is 6.30. The lowest BCUT2D eigenvalue weighted by Gasteiger charge is -2.25. The van der Waals surface area contributed by atoms with Crippen LogP contribution in [0.3, 0.4) is 0 Å². The molecular formula is C18H22ClN3O2. The maximum absolute atomic E-state index is 12.6. The van der Waals surface area contributed by atoms with Crippen LogP contribution in [-0.4, -0.2) is 28.8 Å². The Balaban J connectivity index is 1.75. The third-order valence-corrected chi connectivity index (χ3v) is 4.65. The third-order valence-electron chi connectivity index (χ3n) is 4.42. The number of benzene rings is 1. The van der Waals surface area contributed by atoms with E-state index in [-0.39, 0.29) is 11.9 Å². The fraction of sp³-hybridized carbons (Fsp3) is 0.444. The summed E-state index contributed by atoms with van der Waals surface area (Å²) in [4.78, 5) is 12.6. The quantitative estimate of drug-likeness (QED) is 0.922. The molecule has 128 valence electrons. The Hall–Kier alpha value is -2.01. The van der Waals surface area contributed by atoms with Crippen molar-refractivity contribution in [1.29, 1.82) is 0 Å². The number of carbonyl (C=O) groups excluding carboxylic acids is 1. The van der Waals surface area contributed by atoms with Crippen LogP contribution >= 0.6 is 11.6 Å². The van der Waals surface area contributed by atoms with Crippen molar-refractivity contribution < 1.29 is 9.53 Å². The lowest BCUT2D eigenvalue weighted by atomic mass is 9.93. The first-order valence-electron chi connectivity index (χ1n) is 8.19. The van der Waals surface area contributed by atoms with E-state index in [1.54, 1.807) is 18.2 Å². The van der Waals surface area contributed by atoms with Gasteiger partial charge in [-0.1, -0.05) is 11.6 Å². The topological polar surface area (TPSA) is 56.1 Å². The first kappa shape index (κ1) is 16.8. The molecule has 5 nitrogen and oxygen atoms in total. The van der Waals surface area contributed by atoms with Crippen molar-refractivity contribution >= 4 is 17.5 Å². The highest BCUT2D eigenvalue weighted by atomic mass is 35.5. The van der Waals surface area contributed by atoms with Gasteiger partial charge in [0.2, 0.25) is 0 Å². The Labute approximate surface area is 147 Å². The lowest BCUT2D eigenvalue weighted by molar-refractivity contribution is 0.0930. The van der Waals surface area contributed by atoms with E-state index in [4.69, 9.17) is 16.3 Å². The second-order valence-corrected chi connectivity index (χ2v) is 6.85. The molecule has 6 heteroatoms. The number of rotatable bonds is 4. The van der Waals surface area contributed by atoms with E-state index in [1.165, 1.54) is 18.4 Å². The van der Waals surface area contributed by atoms with E-state index >= 15 is 0 Å². The van der Waals surface area contributed by atoms with Gasteiger partial charge in [-0.2, -0.15) is 5.10 Å². The fourth-order valence-corrected chi connectivity index (χ4v) is 3.37. The van der Waals surface area contributed by atoms with Crippen LogP contribution in [0.25, 0.3) is 0 Å². The number of methoxy groups -OCH3 is 1. The van der Waals surface area contributed by atoms with E-state index in [0.29, 0.717) is 22.4 Å². The first-order chi connectivity index (χ1) is 11.5. The molecule has 0 spiro atoms. The summed E-state index contributed by atoms with van der Waals surface area (Å²) in [6.07, 6.45) is 4.61. The Morgan fingerprint density at radius 3 is 2.96 bits per heavy atom. The molecular weight excluding hydrogens is 326 g/mol. The second kappa shape index (κ2) is 6.85. The maximum Gasteiger partial charge on any atom is 0.255 e. The number of ether oxygens (including phenoxy) is 1. The van der Waals surface area contributed by atoms with E-state index in [1.807, 2.05) is 6.20 Å². The van der Waals surface area contributed by atoms with Gasteiger partial charge in [-0.05, 0) is 50.5 Å². The Bertz CT molecular complexity index is 755. The van der Waals surface area contributed by atoms with E-state index in [9.17, 15) is 4.79 Å². The van der Waals surface area contributed by atoms with Crippen molar-refractivity contribution in [2.24, 2.45) is 0 Å². The van der Waals surface area contributed by atoms with Crippen LogP contribution in [-0.2, 0) is 12.8 Å². The van der Waals surface area contributed by atoms with Crippen LogP contribution in [0.1, 0.15) is 47.9 Å². The molecule has 0 saturated carbocycles. The smallest absolute Gasteiger partial charge is 0.255 e. The molecule has 1 unspecified atom stereocenters. The summed E-state index contributed by atoms with van der Waals surface area (Å²) >= 11 is 5.96. The SMILES string of the molecule is COc1cc(Cl)ccc1C(=O)NC1CCc2cnn(C(C)C)c2C1. The summed E-state index contributed by atoms with van der Waals surface area (Å²) in [5, 5.41) is 8.15. The van der Waals surface area contributed by atoms with Crippen molar-refractivity contribution in [3.63, 3.8) is 0 Å². The molecule has 1 aromatic heterocycles. The molecule has 0 aliphatic heterocycles. The summed E-state index contributed by atoms with van der Waals surface area (Å²) in [5.74, 6) is 0.358. The number of halogens is 1. The van der Waals surface area contributed by atoms with Crippen LogP contribution in [0.15, 0.2) is 24.4 Å². The van der Waals surface area contributed by atoms with Gasteiger partial charge in [-0.3, -0.25) is 9.48 Å². The third kappa shape index (κ3) is 3.26. The predicted octanol–water partition coefficient (Wildman–Crippen LogP) is 3.41. The van der Waals surface area contributed by atoms with E-state index in [0.717, 1.165) is 19.3 Å². The number of amides is 1. The number of fused-ring (bicyclic) bond motifs is 1. The predicted molar refractivity (Wildman–Crippen MR) is 93.9 cm³/mol. The van der Waals surface area contributed by atoms with Crippen molar-refractivity contribution in [3.8, 4) is 5.75 Å². The minimum Gasteiger partial charge on any atom is -0.496 e. The molecule has 2 aromatic rings. The van der Waals surface area contributed by atoms with Crippen LogP contribution in [0.2, 0.25) is 5.02 Å². The molecule has 1 aromatic carbocycles. The standard InChI is InChI=1S/C18H22ClN3O2/c1-11(2)22-16-9-14(6-4-12(16)10-20-22)21-18(23)15-7-5-13(19)8-17(15)24-3/h5,7-8,10-11,14H,4,6,9H2,1-3H3,(H,21,23). The van der Waals surface area contributed by atoms with Crippen molar-refractivity contribution in [2.75, 3.05) is 7.11 Å². The van der Waals surface area contributed by atoms with Crippen molar-refractivity contribution in [1.82, 2.24) is 15.1 Å². The monoisotopic (exact) mass is 347 g/mol. The number of aryl methyl sites for hydroxylation is 1. The highest BCUT2D eigenvalue weighted by Gasteiger charge is 2.25. The van der Waals surface area contributed by atoms with Gasteiger partial charge in [0.1, 0.15) is 5.75 Å². The van der Waals surface area contributed by atoms with Gasteiger partial charge in [0.25, 0.3) is 5.91 Å². The summed E-state index contributed by atoms with van der Waals surface area (Å²) in [6.45, 7) is 4.24.